The zero-order valence-corrected chi connectivity index (χ0v) is 13.6. The highest BCUT2D eigenvalue weighted by molar-refractivity contribution is 8.00. The highest BCUT2D eigenvalue weighted by Gasteiger charge is 2.18. The molecule has 2 nitrogen and oxygen atoms in total. The minimum atomic E-state index is 0.0949. The van der Waals surface area contributed by atoms with Gasteiger partial charge in [-0.3, -0.25) is 4.79 Å². The van der Waals surface area contributed by atoms with Gasteiger partial charge in [-0.25, -0.2) is 0 Å². The molecule has 0 spiro atoms. The Kier molecular flexibility index (Phi) is 6.21. The molecule has 0 radical (unpaired) electrons. The van der Waals surface area contributed by atoms with Crippen molar-refractivity contribution in [2.45, 2.75) is 50.2 Å². The highest BCUT2D eigenvalue weighted by Crippen LogP contribution is 2.40. The first kappa shape index (κ1) is 16.4. The van der Waals surface area contributed by atoms with Gasteiger partial charge in [-0.1, -0.05) is 51.8 Å². The van der Waals surface area contributed by atoms with Crippen molar-refractivity contribution in [2.75, 3.05) is 11.4 Å². The Labute approximate surface area is 125 Å². The van der Waals surface area contributed by atoms with Gasteiger partial charge in [-0.15, -0.1) is 11.8 Å². The first-order valence-corrected chi connectivity index (χ1v) is 7.78. The molecular formula is C15H22ClNOS. The van der Waals surface area contributed by atoms with E-state index in [2.05, 4.69) is 27.7 Å². The third-order valence-corrected chi connectivity index (χ3v) is 4.23. The van der Waals surface area contributed by atoms with Crippen molar-refractivity contribution in [1.29, 1.82) is 0 Å². The van der Waals surface area contributed by atoms with Crippen LogP contribution in [0.4, 0.5) is 5.69 Å². The summed E-state index contributed by atoms with van der Waals surface area (Å²) < 4.78 is 0.0949. The van der Waals surface area contributed by atoms with Crippen LogP contribution in [0.5, 0.6) is 0 Å². The zero-order chi connectivity index (χ0) is 14.5. The van der Waals surface area contributed by atoms with Gasteiger partial charge in [0, 0.05) is 16.2 Å². The summed E-state index contributed by atoms with van der Waals surface area (Å²) in [5.74, 6) is 0. The molecule has 106 valence electrons. The summed E-state index contributed by atoms with van der Waals surface area (Å²) in [6, 6.07) is 5.86. The second-order valence-electron chi connectivity index (χ2n) is 5.46. The Bertz CT molecular complexity index is 429. The van der Waals surface area contributed by atoms with Gasteiger partial charge in [0.05, 0.1) is 10.7 Å². The fourth-order valence-corrected chi connectivity index (χ4v) is 3.04. The number of nitrogens with zero attached hydrogens (tertiary/aromatic N) is 1. The SMILES string of the molecule is CCCCN(C=O)c1cccc(SC(C)(C)C)c1Cl. The number of benzene rings is 1. The van der Waals surface area contributed by atoms with Crippen molar-refractivity contribution in [1.82, 2.24) is 0 Å². The third-order valence-electron chi connectivity index (χ3n) is 2.55. The summed E-state index contributed by atoms with van der Waals surface area (Å²) in [7, 11) is 0. The molecule has 1 amide bonds. The van der Waals surface area contributed by atoms with E-state index < -0.39 is 0 Å². The van der Waals surface area contributed by atoms with Crippen molar-refractivity contribution in [3.63, 3.8) is 0 Å². The number of hydrogen-bond acceptors (Lipinski definition) is 2. The Morgan fingerprint density at radius 2 is 2.05 bits per heavy atom. The summed E-state index contributed by atoms with van der Waals surface area (Å²) in [6.45, 7) is 9.26. The second kappa shape index (κ2) is 7.20. The Hall–Kier alpha value is -0.670. The molecule has 0 aliphatic heterocycles. The lowest BCUT2D eigenvalue weighted by atomic mass is 10.2. The molecule has 1 aromatic carbocycles. The van der Waals surface area contributed by atoms with E-state index in [4.69, 9.17) is 11.6 Å². The number of anilines is 1. The molecule has 0 saturated carbocycles. The number of hydrogen-bond donors (Lipinski definition) is 0. The molecule has 1 aromatic rings. The molecule has 0 aromatic heterocycles. The number of carbonyl (C=O) groups excluding carboxylic acids is 1. The number of carbonyl (C=O) groups is 1. The fourth-order valence-electron chi connectivity index (χ4n) is 1.69. The van der Waals surface area contributed by atoms with E-state index in [1.54, 1.807) is 16.7 Å². The molecule has 19 heavy (non-hydrogen) atoms. The summed E-state index contributed by atoms with van der Waals surface area (Å²) >= 11 is 8.16. The Morgan fingerprint density at radius 3 is 2.58 bits per heavy atom. The van der Waals surface area contributed by atoms with Crippen LogP contribution in [-0.2, 0) is 4.79 Å². The molecule has 0 heterocycles. The third kappa shape index (κ3) is 5.07. The zero-order valence-electron chi connectivity index (χ0n) is 12.1. The van der Waals surface area contributed by atoms with Crippen LogP contribution in [0.1, 0.15) is 40.5 Å². The van der Waals surface area contributed by atoms with Gasteiger partial charge in [-0.05, 0) is 18.6 Å². The average molecular weight is 300 g/mol. The lowest BCUT2D eigenvalue weighted by molar-refractivity contribution is -0.107. The molecule has 0 unspecified atom stereocenters. The van der Waals surface area contributed by atoms with Gasteiger partial charge in [0.25, 0.3) is 0 Å². The number of amides is 1. The number of halogens is 1. The highest BCUT2D eigenvalue weighted by atomic mass is 35.5. The van der Waals surface area contributed by atoms with Gasteiger partial charge >= 0.3 is 0 Å². The largest absolute Gasteiger partial charge is 0.313 e. The Balaban J connectivity index is 3.01. The van der Waals surface area contributed by atoms with E-state index >= 15 is 0 Å². The van der Waals surface area contributed by atoms with Crippen LogP contribution in [0.25, 0.3) is 0 Å². The van der Waals surface area contributed by atoms with Crippen LogP contribution in [-0.4, -0.2) is 17.7 Å². The van der Waals surface area contributed by atoms with Crippen LogP contribution in [0, 0.1) is 0 Å². The number of rotatable bonds is 6. The summed E-state index contributed by atoms with van der Waals surface area (Å²) in [6.07, 6.45) is 2.90. The lowest BCUT2D eigenvalue weighted by Crippen LogP contribution is -2.22. The molecule has 0 aliphatic carbocycles. The number of thioether (sulfide) groups is 1. The second-order valence-corrected chi connectivity index (χ2v) is 7.70. The maximum Gasteiger partial charge on any atom is 0.214 e. The van der Waals surface area contributed by atoms with Crippen molar-refractivity contribution in [3.05, 3.63) is 23.2 Å². The van der Waals surface area contributed by atoms with Crippen molar-refractivity contribution >= 4 is 35.5 Å². The first-order chi connectivity index (χ1) is 8.89. The van der Waals surface area contributed by atoms with Crippen LogP contribution >= 0.6 is 23.4 Å². The maximum absolute atomic E-state index is 11.2. The standard InChI is InChI=1S/C15H22ClNOS/c1-5-6-10-17(11-18)12-8-7-9-13(14(12)16)19-15(2,3)4/h7-9,11H,5-6,10H2,1-4H3. The predicted molar refractivity (Wildman–Crippen MR) is 85.4 cm³/mol. The molecule has 4 heteroatoms. The first-order valence-electron chi connectivity index (χ1n) is 6.58. The van der Waals surface area contributed by atoms with E-state index in [-0.39, 0.29) is 4.75 Å². The summed E-state index contributed by atoms with van der Waals surface area (Å²) in [5, 5.41) is 0.672. The van der Waals surface area contributed by atoms with Crippen molar-refractivity contribution < 1.29 is 4.79 Å². The lowest BCUT2D eigenvalue weighted by Gasteiger charge is -2.23. The molecule has 0 bridgehead atoms. The molecular weight excluding hydrogens is 278 g/mol. The summed E-state index contributed by atoms with van der Waals surface area (Å²) in [5.41, 5.74) is 0.805. The van der Waals surface area contributed by atoms with E-state index in [1.807, 2.05) is 18.2 Å². The smallest absolute Gasteiger partial charge is 0.214 e. The van der Waals surface area contributed by atoms with Gasteiger partial charge in [0.15, 0.2) is 0 Å². The minimum Gasteiger partial charge on any atom is -0.313 e. The minimum absolute atomic E-state index is 0.0949. The topological polar surface area (TPSA) is 20.3 Å². The van der Waals surface area contributed by atoms with Crippen molar-refractivity contribution in [2.24, 2.45) is 0 Å². The van der Waals surface area contributed by atoms with E-state index in [0.29, 0.717) is 11.6 Å². The van der Waals surface area contributed by atoms with Crippen LogP contribution in [0.3, 0.4) is 0 Å². The Morgan fingerprint density at radius 1 is 1.37 bits per heavy atom. The molecule has 0 saturated heterocycles. The van der Waals surface area contributed by atoms with Crippen LogP contribution in [0.15, 0.2) is 23.1 Å². The van der Waals surface area contributed by atoms with Gasteiger partial charge in [0.2, 0.25) is 6.41 Å². The van der Waals surface area contributed by atoms with E-state index in [9.17, 15) is 4.79 Å². The fraction of sp³-hybridized carbons (Fsp3) is 0.533. The van der Waals surface area contributed by atoms with Gasteiger partial charge < -0.3 is 4.90 Å². The normalized spacial score (nSPS) is 11.4. The van der Waals surface area contributed by atoms with E-state index in [0.717, 1.165) is 29.8 Å². The van der Waals surface area contributed by atoms with Gasteiger partial charge in [0.1, 0.15) is 0 Å². The average Bonchev–Trinajstić information content (AvgIpc) is 2.32. The monoisotopic (exact) mass is 299 g/mol. The van der Waals surface area contributed by atoms with Gasteiger partial charge in [-0.2, -0.15) is 0 Å². The van der Waals surface area contributed by atoms with Crippen LogP contribution in [0.2, 0.25) is 5.02 Å². The summed E-state index contributed by atoms with van der Waals surface area (Å²) in [4.78, 5) is 13.9. The predicted octanol–water partition coefficient (Wildman–Crippen LogP) is 4.99. The molecule has 0 aliphatic rings. The quantitative estimate of drug-likeness (QED) is 0.544. The molecule has 0 N–H and O–H groups in total. The maximum atomic E-state index is 11.2. The van der Waals surface area contributed by atoms with E-state index in [1.165, 1.54) is 0 Å². The molecule has 1 rings (SSSR count). The van der Waals surface area contributed by atoms with Crippen LogP contribution < -0.4 is 4.90 Å². The number of unbranched alkanes of at least 4 members (excludes halogenated alkanes) is 1. The molecule has 0 atom stereocenters. The molecule has 0 fully saturated rings. The van der Waals surface area contributed by atoms with Crippen molar-refractivity contribution in [3.8, 4) is 0 Å².